The van der Waals surface area contributed by atoms with Crippen LogP contribution in [-0.2, 0) is 19.4 Å². The first-order valence-electron chi connectivity index (χ1n) is 7.75. The van der Waals surface area contributed by atoms with Gasteiger partial charge in [0.1, 0.15) is 5.76 Å². The van der Waals surface area contributed by atoms with E-state index in [1.807, 2.05) is 13.8 Å². The quantitative estimate of drug-likeness (QED) is 0.338. The van der Waals surface area contributed by atoms with Gasteiger partial charge in [0.15, 0.2) is 5.96 Å². The highest BCUT2D eigenvalue weighted by Gasteiger charge is 2.13. The lowest BCUT2D eigenvalue weighted by Crippen LogP contribution is -2.39. The molecule has 7 heteroatoms. The number of aryl methyl sites for hydroxylation is 2. The molecule has 0 spiro atoms. The fourth-order valence-electron chi connectivity index (χ4n) is 1.95. The van der Waals surface area contributed by atoms with Crippen molar-refractivity contribution >= 4 is 29.9 Å². The zero-order valence-corrected chi connectivity index (χ0v) is 16.3. The van der Waals surface area contributed by atoms with Crippen LogP contribution in [0.3, 0.4) is 0 Å². The number of aliphatic imine (C=N–C) groups is 1. The Morgan fingerprint density at radius 3 is 2.55 bits per heavy atom. The summed E-state index contributed by atoms with van der Waals surface area (Å²) >= 11 is 0. The largest absolute Gasteiger partial charge is 0.396 e. The van der Waals surface area contributed by atoms with E-state index in [4.69, 9.17) is 9.63 Å². The van der Waals surface area contributed by atoms with Gasteiger partial charge in [-0.25, -0.2) is 4.99 Å². The SMILES string of the molecule is CCNC(=NCc1c(CC)noc1CC)NCC(C)CO.I. The van der Waals surface area contributed by atoms with Crippen molar-refractivity contribution < 1.29 is 9.63 Å². The zero-order valence-electron chi connectivity index (χ0n) is 14.0. The predicted molar refractivity (Wildman–Crippen MR) is 99.7 cm³/mol. The highest BCUT2D eigenvalue weighted by Crippen LogP contribution is 2.16. The molecule has 1 unspecified atom stereocenters. The molecule has 0 saturated heterocycles. The van der Waals surface area contributed by atoms with Crippen molar-refractivity contribution in [1.29, 1.82) is 0 Å². The van der Waals surface area contributed by atoms with Crippen LogP contribution in [0.1, 0.15) is 44.7 Å². The van der Waals surface area contributed by atoms with Gasteiger partial charge in [-0.05, 0) is 19.3 Å². The lowest BCUT2D eigenvalue weighted by molar-refractivity contribution is 0.238. The molecule has 22 heavy (non-hydrogen) atoms. The Morgan fingerprint density at radius 1 is 1.27 bits per heavy atom. The molecule has 1 aromatic heterocycles. The van der Waals surface area contributed by atoms with Crippen LogP contribution in [0.4, 0.5) is 0 Å². The van der Waals surface area contributed by atoms with Gasteiger partial charge in [0, 0.05) is 31.7 Å². The van der Waals surface area contributed by atoms with Gasteiger partial charge < -0.3 is 20.3 Å². The summed E-state index contributed by atoms with van der Waals surface area (Å²) in [6.07, 6.45) is 1.67. The molecule has 1 rings (SSSR count). The Labute approximate surface area is 150 Å². The highest BCUT2D eigenvalue weighted by molar-refractivity contribution is 14.0. The topological polar surface area (TPSA) is 82.7 Å². The molecular weight excluding hydrogens is 395 g/mol. The van der Waals surface area contributed by atoms with Crippen LogP contribution in [-0.4, -0.2) is 35.9 Å². The summed E-state index contributed by atoms with van der Waals surface area (Å²) < 4.78 is 5.35. The van der Waals surface area contributed by atoms with Crippen molar-refractivity contribution in [3.63, 3.8) is 0 Å². The summed E-state index contributed by atoms with van der Waals surface area (Å²) in [6, 6.07) is 0. The van der Waals surface area contributed by atoms with Gasteiger partial charge >= 0.3 is 0 Å². The van der Waals surface area contributed by atoms with Gasteiger partial charge in [-0.1, -0.05) is 25.9 Å². The van der Waals surface area contributed by atoms with Crippen molar-refractivity contribution in [1.82, 2.24) is 15.8 Å². The van der Waals surface area contributed by atoms with E-state index < -0.39 is 0 Å². The fourth-order valence-corrected chi connectivity index (χ4v) is 1.95. The van der Waals surface area contributed by atoms with Crippen molar-refractivity contribution in [3.8, 4) is 0 Å². The van der Waals surface area contributed by atoms with E-state index in [-0.39, 0.29) is 36.5 Å². The molecule has 1 aromatic rings. The van der Waals surface area contributed by atoms with Gasteiger partial charge in [0.25, 0.3) is 0 Å². The number of aliphatic hydroxyl groups excluding tert-OH is 1. The number of nitrogens with zero attached hydrogens (tertiary/aromatic N) is 2. The van der Waals surface area contributed by atoms with Crippen LogP contribution >= 0.6 is 24.0 Å². The summed E-state index contributed by atoms with van der Waals surface area (Å²) in [7, 11) is 0. The van der Waals surface area contributed by atoms with E-state index in [0.29, 0.717) is 13.1 Å². The van der Waals surface area contributed by atoms with Gasteiger partial charge in [0.05, 0.1) is 12.2 Å². The summed E-state index contributed by atoms with van der Waals surface area (Å²) in [5.74, 6) is 1.86. The molecule has 128 valence electrons. The van der Waals surface area contributed by atoms with Crippen LogP contribution in [0, 0.1) is 5.92 Å². The molecule has 6 nitrogen and oxygen atoms in total. The molecule has 0 aliphatic carbocycles. The number of hydrogen-bond acceptors (Lipinski definition) is 4. The maximum atomic E-state index is 9.07. The second-order valence-corrected chi connectivity index (χ2v) is 5.10. The molecular formula is C15H29IN4O2. The number of nitrogens with one attached hydrogen (secondary N) is 2. The lowest BCUT2D eigenvalue weighted by Gasteiger charge is -2.14. The molecule has 0 aliphatic heterocycles. The minimum Gasteiger partial charge on any atom is -0.396 e. The summed E-state index contributed by atoms with van der Waals surface area (Å²) in [6.45, 7) is 10.3. The molecule has 1 heterocycles. The summed E-state index contributed by atoms with van der Waals surface area (Å²) in [4.78, 5) is 4.59. The maximum absolute atomic E-state index is 9.07. The van der Waals surface area contributed by atoms with Crippen molar-refractivity contribution in [3.05, 3.63) is 17.0 Å². The van der Waals surface area contributed by atoms with Crippen molar-refractivity contribution in [2.24, 2.45) is 10.9 Å². The molecule has 0 aliphatic rings. The first-order chi connectivity index (χ1) is 10.2. The monoisotopic (exact) mass is 424 g/mol. The number of halogens is 1. The highest BCUT2D eigenvalue weighted by atomic mass is 127. The molecule has 3 N–H and O–H groups in total. The first-order valence-corrected chi connectivity index (χ1v) is 7.75. The van der Waals surface area contributed by atoms with E-state index >= 15 is 0 Å². The van der Waals surface area contributed by atoms with E-state index in [1.54, 1.807) is 0 Å². The van der Waals surface area contributed by atoms with Crippen LogP contribution in [0.2, 0.25) is 0 Å². The molecule has 0 bridgehead atoms. The van der Waals surface area contributed by atoms with E-state index in [9.17, 15) is 0 Å². The van der Waals surface area contributed by atoms with E-state index in [0.717, 1.165) is 42.4 Å². The van der Waals surface area contributed by atoms with E-state index in [1.165, 1.54) is 0 Å². The Kier molecular flexibility index (Phi) is 11.3. The van der Waals surface area contributed by atoms with Gasteiger partial charge in [-0.15, -0.1) is 24.0 Å². The fraction of sp³-hybridized carbons (Fsp3) is 0.733. The Bertz CT molecular complexity index is 427. The van der Waals surface area contributed by atoms with Gasteiger partial charge in [-0.3, -0.25) is 0 Å². The van der Waals surface area contributed by atoms with Crippen LogP contribution in [0.25, 0.3) is 0 Å². The third kappa shape index (κ3) is 6.51. The second kappa shape index (κ2) is 11.7. The van der Waals surface area contributed by atoms with Gasteiger partial charge in [0.2, 0.25) is 0 Å². The summed E-state index contributed by atoms with van der Waals surface area (Å²) in [5.41, 5.74) is 2.07. The minimum atomic E-state index is 0. The Morgan fingerprint density at radius 2 is 2.00 bits per heavy atom. The van der Waals surface area contributed by atoms with Crippen molar-refractivity contribution in [2.45, 2.75) is 47.1 Å². The number of rotatable bonds is 8. The molecule has 0 radical (unpaired) electrons. The van der Waals surface area contributed by atoms with E-state index in [2.05, 4.69) is 34.6 Å². The maximum Gasteiger partial charge on any atom is 0.191 e. The zero-order chi connectivity index (χ0) is 15.7. The lowest BCUT2D eigenvalue weighted by atomic mass is 10.1. The third-order valence-electron chi connectivity index (χ3n) is 3.28. The molecule has 1 atom stereocenters. The predicted octanol–water partition coefficient (Wildman–Crippen LogP) is 2.10. The second-order valence-electron chi connectivity index (χ2n) is 5.10. The van der Waals surface area contributed by atoms with Crippen molar-refractivity contribution in [2.75, 3.05) is 19.7 Å². The minimum absolute atomic E-state index is 0. The molecule has 0 saturated carbocycles. The van der Waals surface area contributed by atoms with Crippen LogP contribution in [0.5, 0.6) is 0 Å². The number of aliphatic hydroxyl groups is 1. The molecule has 0 aromatic carbocycles. The summed E-state index contributed by atoms with van der Waals surface area (Å²) in [5, 5.41) is 19.6. The van der Waals surface area contributed by atoms with Gasteiger partial charge in [-0.2, -0.15) is 0 Å². The Balaban J connectivity index is 0.00000441. The number of guanidine groups is 1. The average Bonchev–Trinajstić information content (AvgIpc) is 2.91. The standard InChI is InChI=1S/C15H28N4O2.HI/c1-5-13-12(14(6-2)21-19-13)9-18-15(16-7-3)17-8-11(4)10-20;/h11,20H,5-10H2,1-4H3,(H2,16,17,18);1H. The number of hydrogen-bond donors (Lipinski definition) is 3. The molecule has 0 fully saturated rings. The Hall–Kier alpha value is -0.830. The van der Waals surface area contributed by atoms with Crippen LogP contribution < -0.4 is 10.6 Å². The first kappa shape index (κ1) is 21.2. The average molecular weight is 424 g/mol. The smallest absolute Gasteiger partial charge is 0.191 e. The number of aromatic nitrogens is 1. The third-order valence-corrected chi connectivity index (χ3v) is 3.28. The normalized spacial score (nSPS) is 12.7. The van der Waals surface area contributed by atoms with Crippen LogP contribution in [0.15, 0.2) is 9.52 Å². The molecule has 0 amide bonds.